The molecule has 0 heterocycles. The van der Waals surface area contributed by atoms with Crippen molar-refractivity contribution in [2.45, 2.75) is 25.8 Å². The predicted molar refractivity (Wildman–Crippen MR) is 60.5 cm³/mol. The summed E-state index contributed by atoms with van der Waals surface area (Å²) in [5, 5.41) is 3.74. The van der Waals surface area contributed by atoms with Crippen LogP contribution in [0.15, 0.2) is 18.2 Å². The summed E-state index contributed by atoms with van der Waals surface area (Å²) >= 11 is 5.90. The van der Waals surface area contributed by atoms with E-state index >= 15 is 0 Å². The third-order valence-corrected chi connectivity index (χ3v) is 3.14. The molecule has 1 aromatic rings. The Labute approximate surface area is 94.6 Å². The van der Waals surface area contributed by atoms with Crippen molar-refractivity contribution in [2.75, 3.05) is 6.54 Å². The van der Waals surface area contributed by atoms with Crippen LogP contribution in [0, 0.1) is 11.7 Å². The van der Waals surface area contributed by atoms with Crippen LogP contribution in [-0.2, 0) is 6.54 Å². The fraction of sp³-hybridized carbons (Fsp3) is 0.500. The summed E-state index contributed by atoms with van der Waals surface area (Å²) in [6.45, 7) is 1.48. The molecule has 0 bridgehead atoms. The first-order chi connectivity index (χ1) is 7.27. The van der Waals surface area contributed by atoms with Crippen LogP contribution in [0.1, 0.15) is 24.8 Å². The van der Waals surface area contributed by atoms with Gasteiger partial charge < -0.3 is 5.32 Å². The van der Waals surface area contributed by atoms with E-state index in [9.17, 15) is 4.39 Å². The minimum Gasteiger partial charge on any atom is -0.313 e. The molecule has 0 unspecified atom stereocenters. The maximum Gasteiger partial charge on any atom is 0.129 e. The summed E-state index contributed by atoms with van der Waals surface area (Å²) in [5.74, 6) is 0.690. The molecule has 1 saturated carbocycles. The maximum absolute atomic E-state index is 13.3. The third kappa shape index (κ3) is 3.18. The van der Waals surface area contributed by atoms with Crippen molar-refractivity contribution in [3.05, 3.63) is 34.6 Å². The van der Waals surface area contributed by atoms with Crippen molar-refractivity contribution in [1.29, 1.82) is 0 Å². The van der Waals surface area contributed by atoms with Gasteiger partial charge in [0.15, 0.2) is 0 Å². The molecular weight excluding hydrogens is 213 g/mol. The molecule has 15 heavy (non-hydrogen) atoms. The lowest BCUT2D eigenvalue weighted by Crippen LogP contribution is -2.16. The minimum atomic E-state index is -0.221. The van der Waals surface area contributed by atoms with E-state index in [2.05, 4.69) is 5.32 Å². The highest BCUT2D eigenvalue weighted by molar-refractivity contribution is 6.31. The van der Waals surface area contributed by atoms with E-state index in [1.54, 1.807) is 12.1 Å². The molecule has 0 spiro atoms. The van der Waals surface area contributed by atoms with E-state index in [4.69, 9.17) is 11.6 Å². The van der Waals surface area contributed by atoms with Crippen LogP contribution in [0.2, 0.25) is 5.02 Å². The Morgan fingerprint density at radius 2 is 2.20 bits per heavy atom. The molecular formula is C12H15ClFN. The molecule has 82 valence electrons. The van der Waals surface area contributed by atoms with E-state index in [0.29, 0.717) is 17.1 Å². The second kappa shape index (κ2) is 4.95. The van der Waals surface area contributed by atoms with Crippen molar-refractivity contribution < 1.29 is 4.39 Å². The number of hydrogen-bond donors (Lipinski definition) is 1. The Bertz CT molecular complexity index is 316. The summed E-state index contributed by atoms with van der Waals surface area (Å²) < 4.78 is 13.3. The van der Waals surface area contributed by atoms with Gasteiger partial charge in [-0.15, -0.1) is 0 Å². The van der Waals surface area contributed by atoms with Crippen molar-refractivity contribution in [2.24, 2.45) is 5.92 Å². The second-order valence-electron chi connectivity index (χ2n) is 4.11. The lowest BCUT2D eigenvalue weighted by molar-refractivity contribution is 0.571. The smallest absolute Gasteiger partial charge is 0.129 e. The molecule has 1 aliphatic rings. The zero-order chi connectivity index (χ0) is 10.7. The van der Waals surface area contributed by atoms with Gasteiger partial charge in [-0.05, 0) is 31.0 Å². The monoisotopic (exact) mass is 227 g/mol. The van der Waals surface area contributed by atoms with Gasteiger partial charge in [0.2, 0.25) is 0 Å². The first-order valence-electron chi connectivity index (χ1n) is 5.41. The van der Waals surface area contributed by atoms with E-state index in [-0.39, 0.29) is 5.82 Å². The average molecular weight is 228 g/mol. The number of nitrogens with one attached hydrogen (secondary N) is 1. The summed E-state index contributed by atoms with van der Waals surface area (Å²) in [4.78, 5) is 0. The quantitative estimate of drug-likeness (QED) is 0.761. The molecule has 1 aromatic carbocycles. The molecule has 0 aromatic heterocycles. The molecule has 0 aliphatic heterocycles. The van der Waals surface area contributed by atoms with Crippen LogP contribution in [0.3, 0.4) is 0 Å². The highest BCUT2D eigenvalue weighted by Crippen LogP contribution is 2.31. The zero-order valence-electron chi connectivity index (χ0n) is 8.60. The molecule has 0 radical (unpaired) electrons. The topological polar surface area (TPSA) is 12.0 Å². The fourth-order valence-electron chi connectivity index (χ4n) is 1.63. The Morgan fingerprint density at radius 1 is 1.40 bits per heavy atom. The molecule has 1 N–H and O–H groups in total. The number of hydrogen-bond acceptors (Lipinski definition) is 1. The molecule has 0 amide bonds. The van der Waals surface area contributed by atoms with Crippen molar-refractivity contribution in [3.63, 3.8) is 0 Å². The number of halogens is 2. The minimum absolute atomic E-state index is 0.221. The standard InChI is InChI=1S/C12H15ClFN/c13-11-2-1-3-12(14)10(11)8-15-7-6-9-4-5-9/h1-3,9,15H,4-8H2. The van der Waals surface area contributed by atoms with Crippen LogP contribution in [0.4, 0.5) is 4.39 Å². The van der Waals surface area contributed by atoms with Crippen LogP contribution in [0.25, 0.3) is 0 Å². The summed E-state index contributed by atoms with van der Waals surface area (Å²) in [6, 6.07) is 4.80. The summed E-state index contributed by atoms with van der Waals surface area (Å²) in [5.41, 5.74) is 0.579. The van der Waals surface area contributed by atoms with Gasteiger partial charge in [-0.2, -0.15) is 0 Å². The van der Waals surface area contributed by atoms with Crippen LogP contribution in [-0.4, -0.2) is 6.54 Å². The van der Waals surface area contributed by atoms with Gasteiger partial charge in [-0.25, -0.2) is 4.39 Å². The molecule has 1 aliphatic carbocycles. The van der Waals surface area contributed by atoms with Crippen LogP contribution < -0.4 is 5.32 Å². The van der Waals surface area contributed by atoms with Gasteiger partial charge in [0.05, 0.1) is 0 Å². The Hall–Kier alpha value is -0.600. The van der Waals surface area contributed by atoms with E-state index < -0.39 is 0 Å². The van der Waals surface area contributed by atoms with E-state index in [1.165, 1.54) is 25.3 Å². The zero-order valence-corrected chi connectivity index (χ0v) is 9.36. The Kier molecular flexibility index (Phi) is 3.60. The highest BCUT2D eigenvalue weighted by atomic mass is 35.5. The van der Waals surface area contributed by atoms with Crippen molar-refractivity contribution in [3.8, 4) is 0 Å². The second-order valence-corrected chi connectivity index (χ2v) is 4.52. The lowest BCUT2D eigenvalue weighted by atomic mass is 10.2. The molecule has 1 nitrogen and oxygen atoms in total. The molecule has 0 saturated heterocycles. The van der Waals surface area contributed by atoms with Crippen molar-refractivity contribution in [1.82, 2.24) is 5.32 Å². The van der Waals surface area contributed by atoms with Gasteiger partial charge in [0, 0.05) is 17.1 Å². The SMILES string of the molecule is Fc1cccc(Cl)c1CNCCC1CC1. The molecule has 2 rings (SSSR count). The Balaban J connectivity index is 1.80. The van der Waals surface area contributed by atoms with Crippen LogP contribution >= 0.6 is 11.6 Å². The Morgan fingerprint density at radius 3 is 2.87 bits per heavy atom. The molecule has 3 heteroatoms. The fourth-order valence-corrected chi connectivity index (χ4v) is 1.86. The maximum atomic E-state index is 13.3. The largest absolute Gasteiger partial charge is 0.313 e. The van der Waals surface area contributed by atoms with Gasteiger partial charge in [-0.3, -0.25) is 0 Å². The molecule has 0 atom stereocenters. The lowest BCUT2D eigenvalue weighted by Gasteiger charge is -2.07. The first-order valence-corrected chi connectivity index (χ1v) is 5.79. The predicted octanol–water partition coefficient (Wildman–Crippen LogP) is 3.37. The highest BCUT2D eigenvalue weighted by Gasteiger charge is 2.20. The number of benzene rings is 1. The van der Waals surface area contributed by atoms with E-state index in [1.807, 2.05) is 0 Å². The third-order valence-electron chi connectivity index (χ3n) is 2.79. The normalized spacial score (nSPS) is 15.6. The van der Waals surface area contributed by atoms with E-state index in [0.717, 1.165) is 12.5 Å². The van der Waals surface area contributed by atoms with Gasteiger partial charge in [0.1, 0.15) is 5.82 Å². The first kappa shape index (κ1) is 10.9. The average Bonchev–Trinajstić information content (AvgIpc) is 3.00. The van der Waals surface area contributed by atoms with Crippen LogP contribution in [0.5, 0.6) is 0 Å². The number of rotatable bonds is 5. The van der Waals surface area contributed by atoms with Gasteiger partial charge in [0.25, 0.3) is 0 Å². The summed E-state index contributed by atoms with van der Waals surface area (Å²) in [7, 11) is 0. The van der Waals surface area contributed by atoms with Gasteiger partial charge >= 0.3 is 0 Å². The van der Waals surface area contributed by atoms with Gasteiger partial charge in [-0.1, -0.05) is 30.5 Å². The summed E-state index contributed by atoms with van der Waals surface area (Å²) in [6.07, 6.45) is 3.93. The van der Waals surface area contributed by atoms with Crippen molar-refractivity contribution >= 4 is 11.6 Å². The molecule has 1 fully saturated rings.